The highest BCUT2D eigenvalue weighted by atomic mass is 35.5. The maximum Gasteiger partial charge on any atom is 0.233 e. The summed E-state index contributed by atoms with van der Waals surface area (Å²) in [4.78, 5) is 34.3. The van der Waals surface area contributed by atoms with Crippen LogP contribution in [0.2, 0.25) is 5.02 Å². The highest BCUT2D eigenvalue weighted by Gasteiger charge is 2.58. The number of fused-ring (bicyclic) bond motifs is 3. The number of thiophene rings is 1. The number of amides is 2. The molecule has 2 unspecified atom stereocenters. The lowest BCUT2D eigenvalue weighted by Crippen LogP contribution is -2.42. The zero-order chi connectivity index (χ0) is 24.6. The van der Waals surface area contributed by atoms with E-state index in [4.69, 9.17) is 16.3 Å². The van der Waals surface area contributed by atoms with Gasteiger partial charge in [0, 0.05) is 51.9 Å². The van der Waals surface area contributed by atoms with Crippen LogP contribution in [0.3, 0.4) is 0 Å². The average Bonchev–Trinajstić information content (AvgIpc) is 3.24. The van der Waals surface area contributed by atoms with E-state index in [0.29, 0.717) is 24.6 Å². The lowest BCUT2D eigenvalue weighted by atomic mass is 9.99. The molecule has 7 rings (SSSR count). The molecule has 0 radical (unpaired) electrons. The summed E-state index contributed by atoms with van der Waals surface area (Å²) in [6.45, 7) is 2.53. The van der Waals surface area contributed by atoms with E-state index in [1.54, 1.807) is 17.5 Å². The predicted octanol–water partition coefficient (Wildman–Crippen LogP) is 3.04. The minimum atomic E-state index is -0.0972. The summed E-state index contributed by atoms with van der Waals surface area (Å²) in [5.74, 6) is 0.475. The molecular weight excluding hydrogens is 500 g/mol. The monoisotopic (exact) mass is 524 g/mol. The summed E-state index contributed by atoms with van der Waals surface area (Å²) in [7, 11) is 0. The second-order valence-corrected chi connectivity index (χ2v) is 11.6. The summed E-state index contributed by atoms with van der Waals surface area (Å²) in [6, 6.07) is 8.14. The number of pyridine rings is 1. The number of nitrogens with one attached hydrogen (secondary N) is 1. The number of carbonyl (C=O) groups is 2. The lowest BCUT2D eigenvalue weighted by Gasteiger charge is -2.37. The van der Waals surface area contributed by atoms with Crippen molar-refractivity contribution < 1.29 is 19.4 Å². The number of anilines is 1. The van der Waals surface area contributed by atoms with Gasteiger partial charge in [-0.3, -0.25) is 19.5 Å². The number of imide groups is 1. The van der Waals surface area contributed by atoms with E-state index in [2.05, 4.69) is 15.2 Å². The van der Waals surface area contributed by atoms with Gasteiger partial charge in [-0.05, 0) is 31.0 Å². The van der Waals surface area contributed by atoms with E-state index in [-0.39, 0.29) is 42.3 Å². The Morgan fingerprint density at radius 1 is 1.17 bits per heavy atom. The Bertz CT molecular complexity index is 1390. The number of carbonyl (C=O) groups excluding carboxylic acids is 2. The van der Waals surface area contributed by atoms with E-state index in [1.807, 2.05) is 24.3 Å². The van der Waals surface area contributed by atoms with E-state index in [9.17, 15) is 14.7 Å². The molecule has 5 heterocycles. The van der Waals surface area contributed by atoms with Crippen LogP contribution >= 0.6 is 22.9 Å². The molecule has 2 amide bonds. The van der Waals surface area contributed by atoms with Crippen molar-refractivity contribution in [2.24, 2.45) is 11.8 Å². The fourth-order valence-corrected chi connectivity index (χ4v) is 7.27. The SMILES string of the molecule is O=C1C2CC2C(=O)N1Cc1cc2nccc(-c3cc(Cl)cc4c3N([C@@H]3CN[C@@H](CO)C3)CCO4)c2s1. The summed E-state index contributed by atoms with van der Waals surface area (Å²) < 4.78 is 7.05. The fraction of sp³-hybridized carbons (Fsp3) is 0.423. The summed E-state index contributed by atoms with van der Waals surface area (Å²) >= 11 is 8.13. The first-order valence-corrected chi connectivity index (χ1v) is 13.5. The zero-order valence-electron chi connectivity index (χ0n) is 19.4. The molecule has 10 heteroatoms. The third-order valence-electron chi connectivity index (χ3n) is 7.80. The molecule has 8 nitrogen and oxygen atoms in total. The molecule has 2 aromatic heterocycles. The van der Waals surface area contributed by atoms with Crippen LogP contribution in [0.25, 0.3) is 21.3 Å². The molecule has 186 valence electrons. The van der Waals surface area contributed by atoms with Crippen LogP contribution in [-0.2, 0) is 16.1 Å². The molecule has 3 fully saturated rings. The maximum absolute atomic E-state index is 12.5. The third kappa shape index (κ3) is 3.52. The van der Waals surface area contributed by atoms with Gasteiger partial charge in [0.05, 0.1) is 47.4 Å². The van der Waals surface area contributed by atoms with Crippen molar-refractivity contribution in [2.75, 3.05) is 31.2 Å². The van der Waals surface area contributed by atoms with Gasteiger partial charge in [0.15, 0.2) is 0 Å². The molecule has 36 heavy (non-hydrogen) atoms. The van der Waals surface area contributed by atoms with Gasteiger partial charge >= 0.3 is 0 Å². The number of nitrogens with zero attached hydrogens (tertiary/aromatic N) is 3. The molecule has 4 aliphatic rings. The van der Waals surface area contributed by atoms with Crippen molar-refractivity contribution >= 4 is 50.7 Å². The summed E-state index contributed by atoms with van der Waals surface area (Å²) in [5.41, 5.74) is 3.80. The lowest BCUT2D eigenvalue weighted by molar-refractivity contribution is -0.141. The minimum Gasteiger partial charge on any atom is -0.489 e. The molecule has 0 bridgehead atoms. The number of aliphatic hydroxyl groups excluding tert-OH is 1. The Morgan fingerprint density at radius 2 is 2.00 bits per heavy atom. The van der Waals surface area contributed by atoms with Crippen LogP contribution in [0.5, 0.6) is 5.75 Å². The maximum atomic E-state index is 12.5. The second kappa shape index (κ2) is 8.41. The first kappa shape index (κ1) is 22.5. The van der Waals surface area contributed by atoms with Crippen LogP contribution in [0, 0.1) is 11.8 Å². The zero-order valence-corrected chi connectivity index (χ0v) is 21.0. The van der Waals surface area contributed by atoms with Crippen molar-refractivity contribution in [3.63, 3.8) is 0 Å². The standard InChI is InChI=1S/C26H25ClN4O4S/c27-13-5-18(23-22(6-13)35-4-3-30(23)15-7-14(12-32)29-10-15)17-1-2-28-21-8-16(36-24(17)21)11-31-25(33)19-9-20(19)26(31)34/h1-2,5-6,8,14-15,19-20,29,32H,3-4,7,9-12H2/t14-,15+,19?,20?/m1/s1. The van der Waals surface area contributed by atoms with Crippen LogP contribution < -0.4 is 15.0 Å². The predicted molar refractivity (Wildman–Crippen MR) is 137 cm³/mol. The molecule has 3 aromatic rings. The topological polar surface area (TPSA) is 95.0 Å². The number of piperidine rings is 1. The summed E-state index contributed by atoms with van der Waals surface area (Å²) in [6.07, 6.45) is 3.35. The van der Waals surface area contributed by atoms with Crippen molar-refractivity contribution in [3.05, 3.63) is 40.4 Å². The van der Waals surface area contributed by atoms with Gasteiger partial charge < -0.3 is 20.1 Å². The molecule has 1 saturated carbocycles. The average molecular weight is 525 g/mol. The van der Waals surface area contributed by atoms with Gasteiger partial charge in [-0.1, -0.05) is 11.6 Å². The van der Waals surface area contributed by atoms with Gasteiger partial charge in [0.2, 0.25) is 11.8 Å². The van der Waals surface area contributed by atoms with E-state index < -0.39 is 0 Å². The quantitative estimate of drug-likeness (QED) is 0.495. The molecule has 2 N–H and O–H groups in total. The highest BCUT2D eigenvalue weighted by molar-refractivity contribution is 7.19. The van der Waals surface area contributed by atoms with Gasteiger partial charge in [0.25, 0.3) is 0 Å². The van der Waals surface area contributed by atoms with Crippen LogP contribution in [0.4, 0.5) is 5.69 Å². The molecule has 3 aliphatic heterocycles. The normalized spacial score (nSPS) is 26.9. The summed E-state index contributed by atoms with van der Waals surface area (Å²) in [5, 5.41) is 13.6. The Balaban J connectivity index is 1.29. The number of ether oxygens (including phenoxy) is 1. The van der Waals surface area contributed by atoms with Crippen molar-refractivity contribution in [2.45, 2.75) is 31.5 Å². The number of hydrogen-bond acceptors (Lipinski definition) is 8. The Hall–Kier alpha value is -2.72. The van der Waals surface area contributed by atoms with Crippen LogP contribution in [0.15, 0.2) is 30.5 Å². The first-order valence-electron chi connectivity index (χ1n) is 12.3. The third-order valence-corrected chi connectivity index (χ3v) is 9.16. The molecule has 2 saturated heterocycles. The molecular formula is C26H25ClN4O4S. The Labute approximate surface area is 216 Å². The largest absolute Gasteiger partial charge is 0.489 e. The Morgan fingerprint density at radius 3 is 2.78 bits per heavy atom. The first-order chi connectivity index (χ1) is 17.5. The highest BCUT2D eigenvalue weighted by Crippen LogP contribution is 2.49. The van der Waals surface area contributed by atoms with Gasteiger partial charge in [-0.15, -0.1) is 11.3 Å². The number of aliphatic hydroxyl groups is 1. The number of likely N-dealkylation sites (tertiary alicyclic amines) is 1. The van der Waals surface area contributed by atoms with Crippen LogP contribution in [0.1, 0.15) is 17.7 Å². The second-order valence-electron chi connectivity index (χ2n) is 10.0. The van der Waals surface area contributed by atoms with E-state index >= 15 is 0 Å². The number of rotatable bonds is 5. The molecule has 0 spiro atoms. The van der Waals surface area contributed by atoms with E-state index in [1.165, 1.54) is 4.90 Å². The van der Waals surface area contributed by atoms with Crippen LogP contribution in [-0.4, -0.2) is 65.2 Å². The molecule has 1 aromatic carbocycles. The van der Waals surface area contributed by atoms with Crippen molar-refractivity contribution in [3.8, 4) is 16.9 Å². The van der Waals surface area contributed by atoms with Gasteiger partial charge in [0.1, 0.15) is 12.4 Å². The van der Waals surface area contributed by atoms with Gasteiger partial charge in [-0.2, -0.15) is 0 Å². The Kier molecular flexibility index (Phi) is 5.25. The number of halogens is 1. The number of aromatic nitrogens is 1. The van der Waals surface area contributed by atoms with Gasteiger partial charge in [-0.25, -0.2) is 0 Å². The molecule has 1 aliphatic carbocycles. The molecule has 4 atom stereocenters. The number of hydrogen-bond donors (Lipinski definition) is 2. The smallest absolute Gasteiger partial charge is 0.233 e. The van der Waals surface area contributed by atoms with E-state index in [0.717, 1.165) is 57.2 Å². The van der Waals surface area contributed by atoms with Crippen molar-refractivity contribution in [1.82, 2.24) is 15.2 Å². The van der Waals surface area contributed by atoms with Crippen molar-refractivity contribution in [1.29, 1.82) is 0 Å². The fourth-order valence-electron chi connectivity index (χ4n) is 5.93. The minimum absolute atomic E-state index is 0.0429. The number of benzene rings is 1.